The zero-order valence-corrected chi connectivity index (χ0v) is 11.1. The lowest BCUT2D eigenvalue weighted by molar-refractivity contribution is 0.102. The Morgan fingerprint density at radius 1 is 1.39 bits per heavy atom. The second kappa shape index (κ2) is 4.91. The lowest BCUT2D eigenvalue weighted by Crippen LogP contribution is -2.14. The normalized spacial score (nSPS) is 10.4. The van der Waals surface area contributed by atoms with Gasteiger partial charge < -0.3 is 5.32 Å². The van der Waals surface area contributed by atoms with Gasteiger partial charge in [0.05, 0.1) is 11.3 Å². The van der Waals surface area contributed by atoms with Gasteiger partial charge in [0.15, 0.2) is 11.0 Å². The summed E-state index contributed by atoms with van der Waals surface area (Å²) in [5.74, 6) is -0.179. The molecule has 8 heteroatoms. The third-order valence-corrected chi connectivity index (χ3v) is 2.98. The highest BCUT2D eigenvalue weighted by Gasteiger charge is 2.15. The zero-order valence-electron chi connectivity index (χ0n) is 9.61. The predicted octanol–water partition coefficient (Wildman–Crippen LogP) is 2.08. The maximum absolute atomic E-state index is 12.0. The molecule has 0 fully saturated rings. The fourth-order valence-electron chi connectivity index (χ4n) is 1.43. The minimum Gasteiger partial charge on any atom is -0.305 e. The molecule has 1 amide bonds. The molecule has 0 saturated carbocycles. The number of anilines is 1. The van der Waals surface area contributed by atoms with E-state index in [1.54, 1.807) is 24.9 Å². The molecule has 94 valence electrons. The molecule has 1 N–H and O–H groups in total. The van der Waals surface area contributed by atoms with Gasteiger partial charge in [0.25, 0.3) is 5.91 Å². The van der Waals surface area contributed by atoms with E-state index in [-0.39, 0.29) is 21.9 Å². The van der Waals surface area contributed by atoms with Crippen molar-refractivity contribution in [3.63, 3.8) is 0 Å². The first-order valence-electron chi connectivity index (χ1n) is 4.96. The van der Waals surface area contributed by atoms with Gasteiger partial charge in [-0.1, -0.05) is 23.2 Å². The average Bonchev–Trinajstić information content (AvgIpc) is 2.64. The van der Waals surface area contributed by atoms with E-state index in [1.165, 1.54) is 6.33 Å². The third kappa shape index (κ3) is 2.44. The van der Waals surface area contributed by atoms with Gasteiger partial charge in [0.2, 0.25) is 0 Å². The van der Waals surface area contributed by atoms with Crippen LogP contribution in [0.2, 0.25) is 10.2 Å². The first-order chi connectivity index (χ1) is 8.49. The van der Waals surface area contributed by atoms with Crippen LogP contribution in [-0.4, -0.2) is 25.7 Å². The van der Waals surface area contributed by atoms with E-state index in [2.05, 4.69) is 20.4 Å². The molecule has 0 unspecified atom stereocenters. The van der Waals surface area contributed by atoms with E-state index in [0.29, 0.717) is 11.3 Å². The van der Waals surface area contributed by atoms with Crippen LogP contribution < -0.4 is 5.32 Å². The van der Waals surface area contributed by atoms with E-state index >= 15 is 0 Å². The Kier molecular flexibility index (Phi) is 3.49. The van der Waals surface area contributed by atoms with E-state index in [9.17, 15) is 4.79 Å². The number of carbonyl (C=O) groups is 1. The van der Waals surface area contributed by atoms with Crippen LogP contribution >= 0.6 is 23.2 Å². The van der Waals surface area contributed by atoms with Gasteiger partial charge in [0.1, 0.15) is 11.3 Å². The molecule has 0 saturated heterocycles. The summed E-state index contributed by atoms with van der Waals surface area (Å²) in [6.07, 6.45) is 2.83. The molecule has 0 radical (unpaired) electrons. The summed E-state index contributed by atoms with van der Waals surface area (Å²) in [6, 6.07) is 0. The number of hydrogen-bond acceptors (Lipinski definition) is 4. The van der Waals surface area contributed by atoms with E-state index in [1.807, 2.05) is 0 Å². The third-order valence-electron chi connectivity index (χ3n) is 2.24. The number of halogens is 2. The fourth-order valence-corrected chi connectivity index (χ4v) is 1.71. The molecule has 2 aromatic heterocycles. The Bertz CT molecular complexity index is 610. The Morgan fingerprint density at radius 3 is 2.72 bits per heavy atom. The summed E-state index contributed by atoms with van der Waals surface area (Å²) in [6.45, 7) is 1.74. The average molecular weight is 286 g/mol. The monoisotopic (exact) mass is 285 g/mol. The maximum atomic E-state index is 12.0. The summed E-state index contributed by atoms with van der Waals surface area (Å²) in [7, 11) is 1.73. The van der Waals surface area contributed by atoms with Gasteiger partial charge in [-0.15, -0.1) is 0 Å². The second-order valence-electron chi connectivity index (χ2n) is 3.58. The minimum atomic E-state index is -0.350. The molecule has 18 heavy (non-hydrogen) atoms. The molecule has 2 rings (SSSR count). The van der Waals surface area contributed by atoms with Crippen LogP contribution in [0.1, 0.15) is 16.1 Å². The molecule has 0 bridgehead atoms. The van der Waals surface area contributed by atoms with Crippen molar-refractivity contribution in [2.45, 2.75) is 6.92 Å². The Labute approximate surface area is 113 Å². The lowest BCUT2D eigenvalue weighted by atomic mass is 10.2. The molecule has 0 aliphatic rings. The van der Waals surface area contributed by atoms with Crippen LogP contribution in [0.15, 0.2) is 12.5 Å². The van der Waals surface area contributed by atoms with Gasteiger partial charge in [-0.25, -0.2) is 9.97 Å². The number of aryl methyl sites for hydroxylation is 2. The first kappa shape index (κ1) is 12.8. The molecule has 0 atom stereocenters. The Morgan fingerprint density at radius 2 is 2.11 bits per heavy atom. The number of carbonyl (C=O) groups excluding carboxylic acids is 1. The number of nitrogens with one attached hydrogen (secondary N) is 1. The maximum Gasteiger partial charge on any atom is 0.260 e. The van der Waals surface area contributed by atoms with Gasteiger partial charge in [0, 0.05) is 13.2 Å². The van der Waals surface area contributed by atoms with Gasteiger partial charge in [-0.3, -0.25) is 9.48 Å². The number of nitrogens with zero attached hydrogens (tertiary/aromatic N) is 4. The highest BCUT2D eigenvalue weighted by atomic mass is 35.5. The quantitative estimate of drug-likeness (QED) is 0.858. The zero-order chi connectivity index (χ0) is 13.3. The number of hydrogen-bond donors (Lipinski definition) is 1. The van der Waals surface area contributed by atoms with Gasteiger partial charge >= 0.3 is 0 Å². The SMILES string of the molecule is Cc1nn(C)cc1C(=O)Nc1ncnc(Cl)c1Cl. The molecule has 2 aromatic rings. The van der Waals surface area contributed by atoms with Crippen molar-refractivity contribution in [2.75, 3.05) is 5.32 Å². The largest absolute Gasteiger partial charge is 0.305 e. The highest BCUT2D eigenvalue weighted by molar-refractivity contribution is 6.43. The summed E-state index contributed by atoms with van der Waals surface area (Å²) >= 11 is 11.6. The summed E-state index contributed by atoms with van der Waals surface area (Å²) in [4.78, 5) is 19.5. The highest BCUT2D eigenvalue weighted by Crippen LogP contribution is 2.25. The van der Waals surface area contributed by atoms with Gasteiger partial charge in [-0.05, 0) is 6.92 Å². The number of amides is 1. The lowest BCUT2D eigenvalue weighted by Gasteiger charge is -2.05. The van der Waals surface area contributed by atoms with Crippen molar-refractivity contribution in [3.8, 4) is 0 Å². The van der Waals surface area contributed by atoms with Gasteiger partial charge in [-0.2, -0.15) is 5.10 Å². The molecule has 6 nitrogen and oxygen atoms in total. The Balaban J connectivity index is 2.27. The van der Waals surface area contributed by atoms with Crippen LogP contribution in [0, 0.1) is 6.92 Å². The first-order valence-corrected chi connectivity index (χ1v) is 5.72. The molecular formula is C10H9Cl2N5O. The van der Waals surface area contributed by atoms with Crippen molar-refractivity contribution in [1.29, 1.82) is 0 Å². The fraction of sp³-hybridized carbons (Fsp3) is 0.200. The number of rotatable bonds is 2. The molecule has 0 spiro atoms. The van der Waals surface area contributed by atoms with Crippen molar-refractivity contribution >= 4 is 34.9 Å². The summed E-state index contributed by atoms with van der Waals surface area (Å²) < 4.78 is 1.55. The Hall–Kier alpha value is -1.66. The molecule has 0 aliphatic heterocycles. The molecule has 0 aromatic carbocycles. The summed E-state index contributed by atoms with van der Waals surface area (Å²) in [5, 5.41) is 6.83. The molecule has 2 heterocycles. The van der Waals surface area contributed by atoms with E-state index in [0.717, 1.165) is 0 Å². The van der Waals surface area contributed by atoms with E-state index < -0.39 is 0 Å². The summed E-state index contributed by atoms with van der Waals surface area (Å²) in [5.41, 5.74) is 1.06. The van der Waals surface area contributed by atoms with Crippen molar-refractivity contribution in [1.82, 2.24) is 19.7 Å². The van der Waals surface area contributed by atoms with E-state index in [4.69, 9.17) is 23.2 Å². The van der Waals surface area contributed by atoms with Crippen molar-refractivity contribution < 1.29 is 4.79 Å². The topological polar surface area (TPSA) is 72.7 Å². The van der Waals surface area contributed by atoms with Crippen LogP contribution in [-0.2, 0) is 7.05 Å². The smallest absolute Gasteiger partial charge is 0.260 e. The van der Waals surface area contributed by atoms with Crippen LogP contribution in [0.4, 0.5) is 5.82 Å². The molecule has 0 aliphatic carbocycles. The minimum absolute atomic E-state index is 0.0878. The number of aromatic nitrogens is 4. The standard InChI is InChI=1S/C10H9Cl2N5O/c1-5-6(3-17(2)16-5)10(18)15-9-7(11)8(12)13-4-14-9/h3-4H,1-2H3,(H,13,14,15,18). The second-order valence-corrected chi connectivity index (χ2v) is 4.32. The van der Waals surface area contributed by atoms with Crippen molar-refractivity contribution in [2.24, 2.45) is 7.05 Å². The molecular weight excluding hydrogens is 277 g/mol. The predicted molar refractivity (Wildman–Crippen MR) is 68.0 cm³/mol. The van der Waals surface area contributed by atoms with Crippen LogP contribution in [0.25, 0.3) is 0 Å². The van der Waals surface area contributed by atoms with Crippen LogP contribution in [0.3, 0.4) is 0 Å². The van der Waals surface area contributed by atoms with Crippen LogP contribution in [0.5, 0.6) is 0 Å². The van der Waals surface area contributed by atoms with Crippen molar-refractivity contribution in [3.05, 3.63) is 34.0 Å².